The number of halogens is 1. The van der Waals surface area contributed by atoms with Crippen LogP contribution in [0, 0.1) is 0 Å². The topological polar surface area (TPSA) is 53.1 Å². The summed E-state index contributed by atoms with van der Waals surface area (Å²) in [7, 11) is 0. The molecule has 0 saturated carbocycles. The number of aromatic amines is 1. The fourth-order valence-corrected chi connectivity index (χ4v) is 2.06. The van der Waals surface area contributed by atoms with E-state index in [0.717, 1.165) is 16.5 Å². The van der Waals surface area contributed by atoms with Crippen LogP contribution in [0.25, 0.3) is 10.9 Å². The van der Waals surface area contributed by atoms with Gasteiger partial charge in [-0.05, 0) is 18.1 Å². The molecule has 1 aromatic heterocycles. The van der Waals surface area contributed by atoms with Crippen molar-refractivity contribution >= 4 is 39.5 Å². The third-order valence-electron chi connectivity index (χ3n) is 2.34. The number of fused-ring (bicyclic) bond motifs is 1. The van der Waals surface area contributed by atoms with Crippen LogP contribution < -0.4 is 0 Å². The van der Waals surface area contributed by atoms with Gasteiger partial charge in [0.05, 0.1) is 0 Å². The zero-order valence-electron chi connectivity index (χ0n) is 7.90. The highest BCUT2D eigenvalue weighted by Gasteiger charge is 2.15. The Balaban J connectivity index is 2.32. The second-order valence-electron chi connectivity index (χ2n) is 3.37. The largest absolute Gasteiger partial charge is 0.480 e. The maximum atomic E-state index is 10.7. The van der Waals surface area contributed by atoms with Gasteiger partial charge in [-0.3, -0.25) is 4.79 Å². The molecule has 4 heteroatoms. The summed E-state index contributed by atoms with van der Waals surface area (Å²) in [6, 6.07) is 7.91. The summed E-state index contributed by atoms with van der Waals surface area (Å²) in [5, 5.41) is 9.95. The van der Waals surface area contributed by atoms with E-state index in [9.17, 15) is 4.79 Å². The first-order valence-electron chi connectivity index (χ1n) is 4.60. The molecule has 0 amide bonds. The molecule has 0 bridgehead atoms. The molecule has 0 spiro atoms. The van der Waals surface area contributed by atoms with Crippen molar-refractivity contribution in [2.45, 2.75) is 10.3 Å². The number of aliphatic carboxylic acids is 1. The van der Waals surface area contributed by atoms with Gasteiger partial charge in [0.15, 0.2) is 0 Å². The standard InChI is InChI=1S/C11H10INO2/c12-9(11(14)15)5-7-6-13-10-4-2-1-3-8(7)10/h1-4,6,9,13H,5H2,(H,14,15). The van der Waals surface area contributed by atoms with Gasteiger partial charge in [-0.25, -0.2) is 0 Å². The molecule has 2 rings (SSSR count). The Hall–Kier alpha value is -1.04. The summed E-state index contributed by atoms with van der Waals surface area (Å²) in [5.74, 6) is -0.763. The molecule has 2 aromatic rings. The summed E-state index contributed by atoms with van der Waals surface area (Å²) in [6.07, 6.45) is 2.44. The molecule has 0 fully saturated rings. The monoisotopic (exact) mass is 315 g/mol. The number of hydrogen-bond acceptors (Lipinski definition) is 1. The van der Waals surface area contributed by atoms with Gasteiger partial charge in [-0.15, -0.1) is 0 Å². The van der Waals surface area contributed by atoms with E-state index in [4.69, 9.17) is 5.11 Å². The molecule has 0 saturated heterocycles. The van der Waals surface area contributed by atoms with Crippen molar-refractivity contribution in [3.63, 3.8) is 0 Å². The lowest BCUT2D eigenvalue weighted by Crippen LogP contribution is -2.14. The predicted molar refractivity (Wildman–Crippen MR) is 67.4 cm³/mol. The van der Waals surface area contributed by atoms with Gasteiger partial charge in [0.1, 0.15) is 3.92 Å². The summed E-state index contributed by atoms with van der Waals surface area (Å²) in [5.41, 5.74) is 2.12. The molecule has 78 valence electrons. The Morgan fingerprint density at radius 1 is 1.47 bits per heavy atom. The van der Waals surface area contributed by atoms with Crippen LogP contribution in [0.2, 0.25) is 0 Å². The zero-order chi connectivity index (χ0) is 10.8. The van der Waals surface area contributed by atoms with Crippen molar-refractivity contribution in [3.8, 4) is 0 Å². The van der Waals surface area contributed by atoms with Crippen LogP contribution in [-0.2, 0) is 11.2 Å². The fourth-order valence-electron chi connectivity index (χ4n) is 1.58. The van der Waals surface area contributed by atoms with E-state index in [1.54, 1.807) is 0 Å². The summed E-state index contributed by atoms with van der Waals surface area (Å²) >= 11 is 1.95. The van der Waals surface area contributed by atoms with E-state index in [1.165, 1.54) is 0 Å². The number of aromatic nitrogens is 1. The lowest BCUT2D eigenvalue weighted by atomic mass is 10.1. The van der Waals surface area contributed by atoms with Crippen molar-refractivity contribution < 1.29 is 9.90 Å². The molecule has 1 unspecified atom stereocenters. The average molecular weight is 315 g/mol. The first kappa shape index (κ1) is 10.5. The van der Waals surface area contributed by atoms with Crippen molar-refractivity contribution in [2.24, 2.45) is 0 Å². The first-order valence-corrected chi connectivity index (χ1v) is 5.85. The number of para-hydroxylation sites is 1. The van der Waals surface area contributed by atoms with Gasteiger partial charge < -0.3 is 10.1 Å². The maximum absolute atomic E-state index is 10.7. The molecule has 0 aliphatic rings. The third-order valence-corrected chi connectivity index (χ3v) is 3.32. The van der Waals surface area contributed by atoms with Crippen molar-refractivity contribution in [1.29, 1.82) is 0 Å². The molecule has 0 aliphatic heterocycles. The molecular weight excluding hydrogens is 305 g/mol. The van der Waals surface area contributed by atoms with E-state index < -0.39 is 5.97 Å². The number of benzene rings is 1. The van der Waals surface area contributed by atoms with Crippen LogP contribution in [0.15, 0.2) is 30.5 Å². The minimum Gasteiger partial charge on any atom is -0.480 e. The van der Waals surface area contributed by atoms with Crippen LogP contribution in [0.1, 0.15) is 5.56 Å². The highest BCUT2D eigenvalue weighted by Crippen LogP contribution is 2.21. The second kappa shape index (κ2) is 4.22. The van der Waals surface area contributed by atoms with Crippen molar-refractivity contribution in [2.75, 3.05) is 0 Å². The van der Waals surface area contributed by atoms with Gasteiger partial charge >= 0.3 is 5.97 Å². The molecular formula is C11H10INO2. The number of H-pyrrole nitrogens is 1. The Morgan fingerprint density at radius 3 is 2.93 bits per heavy atom. The number of carboxylic acids is 1. The average Bonchev–Trinajstić information content (AvgIpc) is 2.62. The predicted octanol–water partition coefficient (Wildman–Crippen LogP) is 2.60. The van der Waals surface area contributed by atoms with Crippen LogP contribution in [0.5, 0.6) is 0 Å². The molecule has 1 aromatic carbocycles. The van der Waals surface area contributed by atoms with Crippen LogP contribution >= 0.6 is 22.6 Å². The van der Waals surface area contributed by atoms with Crippen molar-refractivity contribution in [3.05, 3.63) is 36.0 Å². The fraction of sp³-hybridized carbons (Fsp3) is 0.182. The van der Waals surface area contributed by atoms with E-state index in [-0.39, 0.29) is 3.92 Å². The summed E-state index contributed by atoms with van der Waals surface area (Å²) in [6.45, 7) is 0. The minimum absolute atomic E-state index is 0.373. The molecule has 0 aliphatic carbocycles. The molecule has 1 heterocycles. The summed E-state index contributed by atoms with van der Waals surface area (Å²) < 4.78 is -0.373. The molecule has 0 radical (unpaired) electrons. The quantitative estimate of drug-likeness (QED) is 0.676. The number of rotatable bonds is 3. The Bertz CT molecular complexity index is 492. The van der Waals surface area contributed by atoms with Crippen LogP contribution in [0.4, 0.5) is 0 Å². The van der Waals surface area contributed by atoms with Gasteiger partial charge in [0.25, 0.3) is 0 Å². The maximum Gasteiger partial charge on any atom is 0.316 e. The van der Waals surface area contributed by atoms with Gasteiger partial charge in [0.2, 0.25) is 0 Å². The summed E-state index contributed by atoms with van der Waals surface area (Å²) in [4.78, 5) is 13.9. The number of hydrogen-bond donors (Lipinski definition) is 2. The minimum atomic E-state index is -0.763. The third kappa shape index (κ3) is 2.14. The number of alkyl halides is 1. The van der Waals surface area contributed by atoms with Gasteiger partial charge in [-0.2, -0.15) is 0 Å². The van der Waals surface area contributed by atoms with E-state index in [1.807, 2.05) is 53.1 Å². The molecule has 2 N–H and O–H groups in total. The lowest BCUT2D eigenvalue weighted by molar-refractivity contribution is -0.135. The van der Waals surface area contributed by atoms with E-state index in [2.05, 4.69) is 4.98 Å². The van der Waals surface area contributed by atoms with Crippen LogP contribution in [-0.4, -0.2) is 20.0 Å². The SMILES string of the molecule is O=C(O)C(I)Cc1c[nH]c2ccccc12. The Kier molecular flexibility index (Phi) is 2.95. The normalized spacial score (nSPS) is 12.9. The highest BCUT2D eigenvalue weighted by molar-refractivity contribution is 14.1. The Morgan fingerprint density at radius 2 is 2.20 bits per heavy atom. The zero-order valence-corrected chi connectivity index (χ0v) is 10.1. The van der Waals surface area contributed by atoms with E-state index >= 15 is 0 Å². The molecule has 1 atom stereocenters. The highest BCUT2D eigenvalue weighted by atomic mass is 127. The van der Waals surface area contributed by atoms with Crippen molar-refractivity contribution in [1.82, 2.24) is 4.98 Å². The Labute approximate surface area is 101 Å². The molecule has 3 nitrogen and oxygen atoms in total. The lowest BCUT2D eigenvalue weighted by Gasteiger charge is -2.02. The van der Waals surface area contributed by atoms with Crippen LogP contribution in [0.3, 0.4) is 0 Å². The number of nitrogens with one attached hydrogen (secondary N) is 1. The van der Waals surface area contributed by atoms with Gasteiger partial charge in [-0.1, -0.05) is 40.8 Å². The smallest absolute Gasteiger partial charge is 0.316 e. The second-order valence-corrected chi connectivity index (χ2v) is 4.87. The van der Waals surface area contributed by atoms with E-state index in [0.29, 0.717) is 6.42 Å². The number of carbonyl (C=O) groups is 1. The first-order chi connectivity index (χ1) is 7.18. The molecule has 15 heavy (non-hydrogen) atoms. The number of carboxylic acid groups (broad SMARTS) is 1. The van der Waals surface area contributed by atoms with Gasteiger partial charge in [0, 0.05) is 17.1 Å².